The average Bonchev–Trinajstić information content (AvgIpc) is 3.30. The number of rotatable bonds is 13. The largest absolute Gasteiger partial charge is 0.481 e. The van der Waals surface area contributed by atoms with E-state index in [1.165, 1.54) is 0 Å². The molecule has 0 aliphatic carbocycles. The lowest BCUT2D eigenvalue weighted by Crippen LogP contribution is -2.68. The Morgan fingerprint density at radius 3 is 1.38 bits per heavy atom. The second-order valence-corrected chi connectivity index (χ2v) is 18.2. The van der Waals surface area contributed by atoms with Crippen LogP contribution >= 0.6 is 0 Å². The summed E-state index contributed by atoms with van der Waals surface area (Å²) in [6.07, 6.45) is 19.7. The number of hydrogen-bond donors (Lipinski definition) is 4. The molecule has 10 nitrogen and oxygen atoms in total. The quantitative estimate of drug-likeness (QED) is 0.165. The van der Waals surface area contributed by atoms with Crippen LogP contribution in [-0.2, 0) is 19.2 Å². The van der Waals surface area contributed by atoms with Gasteiger partial charge in [-0.05, 0) is 132 Å². The van der Waals surface area contributed by atoms with Crippen molar-refractivity contribution in [1.82, 2.24) is 20.4 Å². The van der Waals surface area contributed by atoms with E-state index in [0.717, 1.165) is 0 Å². The zero-order valence-electron chi connectivity index (χ0n) is 31.7. The molecule has 50 heavy (non-hydrogen) atoms. The maximum atomic E-state index is 13.8. The van der Waals surface area contributed by atoms with Gasteiger partial charge in [0.25, 0.3) is 0 Å². The molecule has 10 heteroatoms. The molecule has 0 spiro atoms. The number of aliphatic carboxylic acids is 2. The summed E-state index contributed by atoms with van der Waals surface area (Å²) in [5, 5.41) is 28.3. The molecule has 2 saturated heterocycles. The highest BCUT2D eigenvalue weighted by Gasteiger charge is 2.55. The monoisotopic (exact) mass is 694 g/mol. The van der Waals surface area contributed by atoms with Crippen LogP contribution in [-0.4, -0.2) is 77.0 Å². The number of carbonyl (C=O) groups is 4. The Morgan fingerprint density at radius 1 is 0.660 bits per heavy atom. The molecule has 0 atom stereocenters. The topological polar surface area (TPSA) is 139 Å². The van der Waals surface area contributed by atoms with Gasteiger partial charge in [-0.3, -0.25) is 19.2 Å². The van der Waals surface area contributed by atoms with E-state index in [2.05, 4.69) is 66.0 Å². The molecule has 278 valence electrons. The normalized spacial score (nSPS) is 24.9. The van der Waals surface area contributed by atoms with Crippen molar-refractivity contribution in [1.29, 1.82) is 0 Å². The van der Waals surface area contributed by atoms with Gasteiger partial charge in [0.2, 0.25) is 11.8 Å². The minimum Gasteiger partial charge on any atom is -0.481 e. The lowest BCUT2D eigenvalue weighted by atomic mass is 9.62. The second-order valence-electron chi connectivity index (χ2n) is 18.2. The van der Waals surface area contributed by atoms with Gasteiger partial charge < -0.3 is 30.6 Å². The van der Waals surface area contributed by atoms with Gasteiger partial charge in [-0.15, -0.1) is 0 Å². The third kappa shape index (κ3) is 9.35. The predicted molar refractivity (Wildman–Crippen MR) is 196 cm³/mol. The van der Waals surface area contributed by atoms with Crippen LogP contribution in [0.2, 0.25) is 0 Å². The molecule has 4 rings (SSSR count). The van der Waals surface area contributed by atoms with Crippen LogP contribution in [0.3, 0.4) is 0 Å². The second kappa shape index (κ2) is 14.4. The maximum absolute atomic E-state index is 13.8. The summed E-state index contributed by atoms with van der Waals surface area (Å²) >= 11 is 0. The van der Waals surface area contributed by atoms with E-state index >= 15 is 0 Å². The van der Waals surface area contributed by atoms with Crippen molar-refractivity contribution in [2.75, 3.05) is 0 Å². The number of nitrogens with zero attached hydrogens (tertiary/aromatic N) is 2. The first kappa shape index (κ1) is 39.5. The van der Waals surface area contributed by atoms with Crippen molar-refractivity contribution in [2.24, 2.45) is 5.41 Å². The third-order valence-electron chi connectivity index (χ3n) is 11.2. The minimum absolute atomic E-state index is 0.0199. The molecule has 0 aromatic heterocycles. The van der Waals surface area contributed by atoms with Crippen molar-refractivity contribution in [3.8, 4) is 0 Å². The van der Waals surface area contributed by atoms with Crippen LogP contribution < -0.4 is 10.6 Å². The van der Waals surface area contributed by atoms with E-state index in [0.29, 0.717) is 38.5 Å². The molecular formula is C40H62N4O6. The summed E-state index contributed by atoms with van der Waals surface area (Å²) in [7, 11) is 0. The third-order valence-corrected chi connectivity index (χ3v) is 11.2. The summed E-state index contributed by atoms with van der Waals surface area (Å²) in [6, 6.07) is 0. The molecule has 0 unspecified atom stereocenters. The molecule has 4 aliphatic heterocycles. The number of amides is 2. The van der Waals surface area contributed by atoms with Crippen LogP contribution in [0.25, 0.3) is 0 Å². The molecular weight excluding hydrogens is 632 g/mol. The van der Waals surface area contributed by atoms with Gasteiger partial charge in [0.15, 0.2) is 0 Å². The zero-order chi connectivity index (χ0) is 37.2. The number of carboxylic acid groups (broad SMARTS) is 2. The van der Waals surface area contributed by atoms with Gasteiger partial charge in [-0.1, -0.05) is 24.3 Å². The van der Waals surface area contributed by atoms with E-state index in [4.69, 9.17) is 0 Å². The lowest BCUT2D eigenvalue weighted by Gasteiger charge is -2.57. The molecule has 4 aliphatic rings. The average molecular weight is 695 g/mol. The van der Waals surface area contributed by atoms with Gasteiger partial charge in [0, 0.05) is 53.8 Å². The standard InChI is InChI=1S/C40H62N4O6/c1-34(2)26-39(27-35(3,4)41-34,43-24-13-9-11-16-30(43)45)22-20-38(33(49)50,19-15-18-32(47)48)21-23-40(44-25-14-10-12-17-31(44)46)28-36(5,6)42-37(7,8)29-40/h9-14,24-25,41-42H,15-23,26-29H2,1-8H3,(H,47,48)(H,49,50). The van der Waals surface area contributed by atoms with Crippen molar-refractivity contribution in [3.05, 3.63) is 48.9 Å². The molecule has 0 aromatic rings. The smallest absolute Gasteiger partial charge is 0.309 e. The molecule has 0 saturated carbocycles. The molecule has 0 radical (unpaired) electrons. The van der Waals surface area contributed by atoms with Crippen LogP contribution in [0.15, 0.2) is 48.9 Å². The Hall–Kier alpha value is -3.24. The molecule has 0 aromatic carbocycles. The first-order valence-corrected chi connectivity index (χ1v) is 18.4. The number of carbonyl (C=O) groups excluding carboxylic acids is 2. The van der Waals surface area contributed by atoms with E-state index in [1.54, 1.807) is 0 Å². The van der Waals surface area contributed by atoms with Crippen molar-refractivity contribution in [3.63, 3.8) is 0 Å². The Balaban J connectivity index is 1.79. The Morgan fingerprint density at radius 2 is 1.04 bits per heavy atom. The van der Waals surface area contributed by atoms with Crippen LogP contribution in [0.1, 0.15) is 139 Å². The number of carboxylic acids is 2. The number of allylic oxidation sites excluding steroid dienone is 4. The fourth-order valence-corrected chi connectivity index (χ4v) is 10.6. The van der Waals surface area contributed by atoms with Crippen molar-refractivity contribution < 1.29 is 29.4 Å². The van der Waals surface area contributed by atoms with Crippen molar-refractivity contribution in [2.45, 2.75) is 172 Å². The highest BCUT2D eigenvalue weighted by molar-refractivity contribution is 5.81. The number of piperidine rings is 2. The molecule has 0 bridgehead atoms. The first-order valence-electron chi connectivity index (χ1n) is 18.4. The Labute approximate surface area is 299 Å². The first-order chi connectivity index (χ1) is 23.0. The molecule has 4 heterocycles. The van der Waals surface area contributed by atoms with Crippen LogP contribution in [0.5, 0.6) is 0 Å². The maximum Gasteiger partial charge on any atom is 0.309 e. The van der Waals surface area contributed by atoms with E-state index in [1.807, 2.05) is 58.7 Å². The van der Waals surface area contributed by atoms with E-state index < -0.39 is 28.4 Å². The summed E-state index contributed by atoms with van der Waals surface area (Å²) in [4.78, 5) is 56.7. The highest BCUT2D eigenvalue weighted by Crippen LogP contribution is 2.50. The Kier molecular flexibility index (Phi) is 11.4. The summed E-state index contributed by atoms with van der Waals surface area (Å²) < 4.78 is 0. The van der Waals surface area contributed by atoms with Gasteiger partial charge in [0.1, 0.15) is 0 Å². The fourth-order valence-electron chi connectivity index (χ4n) is 10.6. The summed E-state index contributed by atoms with van der Waals surface area (Å²) in [5.41, 5.74) is -3.97. The predicted octanol–water partition coefficient (Wildman–Crippen LogP) is 6.84. The molecule has 4 N–H and O–H groups in total. The fraction of sp³-hybridized carbons (Fsp3) is 0.700. The highest BCUT2D eigenvalue weighted by atomic mass is 16.4. The van der Waals surface area contributed by atoms with E-state index in [-0.39, 0.29) is 78.9 Å². The van der Waals surface area contributed by atoms with E-state index in [9.17, 15) is 29.4 Å². The zero-order valence-corrected chi connectivity index (χ0v) is 31.7. The number of nitrogens with one attached hydrogen (secondary N) is 2. The molecule has 2 amide bonds. The van der Waals surface area contributed by atoms with Crippen LogP contribution in [0, 0.1) is 5.41 Å². The van der Waals surface area contributed by atoms with Crippen molar-refractivity contribution >= 4 is 23.8 Å². The van der Waals surface area contributed by atoms with Gasteiger partial charge in [-0.2, -0.15) is 0 Å². The van der Waals surface area contributed by atoms with Gasteiger partial charge in [0.05, 0.1) is 16.5 Å². The molecule has 2 fully saturated rings. The Bertz CT molecular complexity index is 1310. The van der Waals surface area contributed by atoms with Gasteiger partial charge in [-0.25, -0.2) is 0 Å². The number of hydrogen-bond acceptors (Lipinski definition) is 6. The lowest BCUT2D eigenvalue weighted by molar-refractivity contribution is -0.153. The SMILES string of the molecule is CC1(C)CC(CCC(CCCC(=O)O)(CCC2(N3C=CC=CCC3=O)CC(C)(C)NC(C)(C)C2)C(=O)O)(N2C=CC=CCC2=O)CC(C)(C)N1. The summed E-state index contributed by atoms with van der Waals surface area (Å²) in [5.74, 6) is -1.95. The summed E-state index contributed by atoms with van der Waals surface area (Å²) in [6.45, 7) is 17.1. The van der Waals surface area contributed by atoms with Crippen LogP contribution in [0.4, 0.5) is 0 Å². The van der Waals surface area contributed by atoms with Gasteiger partial charge >= 0.3 is 11.9 Å². The minimum atomic E-state index is -1.28.